The molecule has 1 N–H and O–H groups in total. The molecule has 0 atom stereocenters. The monoisotopic (exact) mass is 210 g/mol. The largest absolute Gasteiger partial charge is 0.481 e. The topological polar surface area (TPSA) is 54.4 Å². The van der Waals surface area contributed by atoms with Crippen LogP contribution in [0.3, 0.4) is 0 Å². The Morgan fingerprint density at radius 2 is 2.00 bits per heavy atom. The Bertz CT molecular complexity index is 324. The van der Waals surface area contributed by atoms with E-state index in [0.717, 1.165) is 17.6 Å². The number of ketones is 1. The molecule has 0 aromatic carbocycles. The van der Waals surface area contributed by atoms with E-state index < -0.39 is 5.97 Å². The molecule has 84 valence electrons. The summed E-state index contributed by atoms with van der Waals surface area (Å²) in [5.41, 5.74) is 1.85. The van der Waals surface area contributed by atoms with Crippen molar-refractivity contribution in [3.8, 4) is 0 Å². The number of Topliss-reactive ketones (excluding diaryl/α,β-unsaturated/α-hetero) is 1. The van der Waals surface area contributed by atoms with Gasteiger partial charge in [0.1, 0.15) is 0 Å². The number of carbonyl (C=O) groups excluding carboxylic acids is 1. The Morgan fingerprint density at radius 1 is 1.40 bits per heavy atom. The molecule has 0 bridgehead atoms. The van der Waals surface area contributed by atoms with Crippen LogP contribution in [-0.4, -0.2) is 16.9 Å². The van der Waals surface area contributed by atoms with Crippen LogP contribution in [0.2, 0.25) is 0 Å². The third-order valence-corrected chi connectivity index (χ3v) is 2.82. The fourth-order valence-electron chi connectivity index (χ4n) is 2.25. The quantitative estimate of drug-likeness (QED) is 0.778. The molecule has 0 radical (unpaired) electrons. The van der Waals surface area contributed by atoms with Gasteiger partial charge < -0.3 is 5.11 Å². The van der Waals surface area contributed by atoms with E-state index in [-0.39, 0.29) is 17.6 Å². The first-order chi connectivity index (χ1) is 6.82. The standard InChI is InChI=1S/C12H18O3/c1-8-6-12(2,3)7-10(13)9(8)4-5-11(14)15/h4-7H2,1-3H3,(H,14,15). The summed E-state index contributed by atoms with van der Waals surface area (Å²) in [6.45, 7) is 6.08. The van der Waals surface area contributed by atoms with Crippen molar-refractivity contribution in [1.82, 2.24) is 0 Å². The first-order valence-electron chi connectivity index (χ1n) is 5.25. The van der Waals surface area contributed by atoms with E-state index in [2.05, 4.69) is 13.8 Å². The third kappa shape index (κ3) is 3.18. The average molecular weight is 210 g/mol. The molecule has 0 aromatic heterocycles. The van der Waals surface area contributed by atoms with Crippen molar-refractivity contribution in [2.75, 3.05) is 0 Å². The molecular formula is C12H18O3. The molecule has 0 aliphatic heterocycles. The number of carboxylic acid groups (broad SMARTS) is 1. The predicted molar refractivity (Wildman–Crippen MR) is 57.6 cm³/mol. The maximum Gasteiger partial charge on any atom is 0.303 e. The highest BCUT2D eigenvalue weighted by atomic mass is 16.4. The van der Waals surface area contributed by atoms with Crippen LogP contribution in [0.5, 0.6) is 0 Å². The molecule has 15 heavy (non-hydrogen) atoms. The highest BCUT2D eigenvalue weighted by molar-refractivity contribution is 5.97. The van der Waals surface area contributed by atoms with Crippen LogP contribution in [0.1, 0.15) is 46.5 Å². The van der Waals surface area contributed by atoms with E-state index in [1.165, 1.54) is 0 Å². The fourth-order valence-corrected chi connectivity index (χ4v) is 2.25. The molecule has 0 fully saturated rings. The van der Waals surface area contributed by atoms with Gasteiger partial charge in [-0.05, 0) is 30.8 Å². The molecule has 3 nitrogen and oxygen atoms in total. The number of carboxylic acids is 1. The van der Waals surface area contributed by atoms with Gasteiger partial charge in [-0.2, -0.15) is 0 Å². The summed E-state index contributed by atoms with van der Waals surface area (Å²) in [5.74, 6) is -0.710. The van der Waals surface area contributed by atoms with Crippen LogP contribution >= 0.6 is 0 Å². The van der Waals surface area contributed by atoms with Gasteiger partial charge in [0, 0.05) is 12.8 Å². The SMILES string of the molecule is CC1=C(CCC(=O)O)C(=O)CC(C)(C)C1. The smallest absolute Gasteiger partial charge is 0.303 e. The zero-order chi connectivity index (χ0) is 11.6. The van der Waals surface area contributed by atoms with Gasteiger partial charge >= 0.3 is 5.97 Å². The van der Waals surface area contributed by atoms with E-state index in [1.807, 2.05) is 6.92 Å². The molecule has 0 heterocycles. The summed E-state index contributed by atoms with van der Waals surface area (Å²) in [5, 5.41) is 8.59. The second kappa shape index (κ2) is 4.17. The minimum atomic E-state index is -0.840. The number of hydrogen-bond donors (Lipinski definition) is 1. The van der Waals surface area contributed by atoms with Gasteiger partial charge in [-0.1, -0.05) is 19.4 Å². The molecule has 1 aliphatic carbocycles. The van der Waals surface area contributed by atoms with Crippen LogP contribution in [0, 0.1) is 5.41 Å². The number of carbonyl (C=O) groups is 2. The molecule has 1 aliphatic rings. The van der Waals surface area contributed by atoms with Crippen molar-refractivity contribution in [3.63, 3.8) is 0 Å². The number of rotatable bonds is 3. The van der Waals surface area contributed by atoms with E-state index in [1.54, 1.807) is 0 Å². The lowest BCUT2D eigenvalue weighted by Gasteiger charge is -2.30. The van der Waals surface area contributed by atoms with Crippen molar-refractivity contribution in [2.24, 2.45) is 5.41 Å². The van der Waals surface area contributed by atoms with Gasteiger partial charge in [-0.3, -0.25) is 9.59 Å². The maximum absolute atomic E-state index is 11.8. The van der Waals surface area contributed by atoms with Crippen molar-refractivity contribution < 1.29 is 14.7 Å². The summed E-state index contributed by atoms with van der Waals surface area (Å²) in [4.78, 5) is 22.2. The molecule has 0 amide bonds. The molecule has 3 heteroatoms. The van der Waals surface area contributed by atoms with Gasteiger partial charge in [-0.15, -0.1) is 0 Å². The fraction of sp³-hybridized carbons (Fsp3) is 0.667. The molecule has 0 aromatic rings. The van der Waals surface area contributed by atoms with Crippen molar-refractivity contribution >= 4 is 11.8 Å². The zero-order valence-electron chi connectivity index (χ0n) is 9.59. The molecule has 0 saturated heterocycles. The Kier molecular flexibility index (Phi) is 3.32. The Hall–Kier alpha value is -1.12. The Labute approximate surface area is 90.2 Å². The number of hydrogen-bond acceptors (Lipinski definition) is 2. The van der Waals surface area contributed by atoms with E-state index in [4.69, 9.17) is 5.11 Å². The van der Waals surface area contributed by atoms with Crippen LogP contribution in [0.25, 0.3) is 0 Å². The van der Waals surface area contributed by atoms with Crippen LogP contribution < -0.4 is 0 Å². The highest BCUT2D eigenvalue weighted by Gasteiger charge is 2.30. The van der Waals surface area contributed by atoms with Gasteiger partial charge in [-0.25, -0.2) is 0 Å². The number of allylic oxidation sites excluding steroid dienone is 2. The molecule has 0 saturated carbocycles. The van der Waals surface area contributed by atoms with Crippen LogP contribution in [0.4, 0.5) is 0 Å². The van der Waals surface area contributed by atoms with Gasteiger partial charge in [0.25, 0.3) is 0 Å². The third-order valence-electron chi connectivity index (χ3n) is 2.82. The van der Waals surface area contributed by atoms with Crippen molar-refractivity contribution in [2.45, 2.75) is 46.5 Å². The summed E-state index contributed by atoms with van der Waals surface area (Å²) in [7, 11) is 0. The lowest BCUT2D eigenvalue weighted by atomic mass is 9.73. The van der Waals surface area contributed by atoms with Crippen LogP contribution in [-0.2, 0) is 9.59 Å². The van der Waals surface area contributed by atoms with E-state index >= 15 is 0 Å². The summed E-state index contributed by atoms with van der Waals surface area (Å²) >= 11 is 0. The van der Waals surface area contributed by atoms with Gasteiger partial charge in [0.2, 0.25) is 0 Å². The second-order valence-corrected chi connectivity index (χ2v) is 5.09. The lowest BCUT2D eigenvalue weighted by Crippen LogP contribution is -2.25. The minimum Gasteiger partial charge on any atom is -0.481 e. The molecule has 1 rings (SSSR count). The highest BCUT2D eigenvalue weighted by Crippen LogP contribution is 2.37. The zero-order valence-corrected chi connectivity index (χ0v) is 9.59. The van der Waals surface area contributed by atoms with Crippen LogP contribution in [0.15, 0.2) is 11.1 Å². The predicted octanol–water partition coefficient (Wildman–Crippen LogP) is 2.56. The number of aliphatic carboxylic acids is 1. The molecular weight excluding hydrogens is 192 g/mol. The normalized spacial score (nSPS) is 20.6. The van der Waals surface area contributed by atoms with Crippen molar-refractivity contribution in [1.29, 1.82) is 0 Å². The maximum atomic E-state index is 11.8. The van der Waals surface area contributed by atoms with E-state index in [9.17, 15) is 9.59 Å². The summed E-state index contributed by atoms with van der Waals surface area (Å²) in [6, 6.07) is 0. The summed E-state index contributed by atoms with van der Waals surface area (Å²) in [6.07, 6.45) is 1.88. The first-order valence-corrected chi connectivity index (χ1v) is 5.25. The minimum absolute atomic E-state index is 0.0356. The van der Waals surface area contributed by atoms with Gasteiger partial charge in [0.15, 0.2) is 5.78 Å². The molecule has 0 spiro atoms. The van der Waals surface area contributed by atoms with Crippen molar-refractivity contribution in [3.05, 3.63) is 11.1 Å². The molecule has 0 unspecified atom stereocenters. The van der Waals surface area contributed by atoms with E-state index in [0.29, 0.717) is 12.8 Å². The lowest BCUT2D eigenvalue weighted by molar-refractivity contribution is -0.136. The van der Waals surface area contributed by atoms with Gasteiger partial charge in [0.05, 0.1) is 0 Å². The average Bonchev–Trinajstić information content (AvgIpc) is 1.98. The second-order valence-electron chi connectivity index (χ2n) is 5.09. The summed E-state index contributed by atoms with van der Waals surface area (Å²) < 4.78 is 0. The Morgan fingerprint density at radius 3 is 2.47 bits per heavy atom. The first kappa shape index (κ1) is 12.0. The Balaban J connectivity index is 2.78.